The fraction of sp³-hybridized carbons (Fsp3) is 0.263. The molecular weight excluding hydrogens is 328 g/mol. The number of hydrogen-bond acceptors (Lipinski definition) is 5. The fourth-order valence-electron chi connectivity index (χ4n) is 2.58. The van der Waals surface area contributed by atoms with E-state index in [9.17, 15) is 4.79 Å². The van der Waals surface area contributed by atoms with Gasteiger partial charge < -0.3 is 11.1 Å². The van der Waals surface area contributed by atoms with Crippen molar-refractivity contribution in [3.05, 3.63) is 54.1 Å². The first-order valence-corrected chi connectivity index (χ1v) is 8.59. The summed E-state index contributed by atoms with van der Waals surface area (Å²) in [6.07, 6.45) is 1.08. The zero-order valence-electron chi connectivity index (χ0n) is 14.9. The van der Waals surface area contributed by atoms with Crippen LogP contribution in [-0.2, 0) is 11.3 Å². The topological polar surface area (TPSA) is 98.7 Å². The molecule has 1 heterocycles. The Balaban J connectivity index is 1.63. The van der Waals surface area contributed by atoms with Crippen LogP contribution in [0.25, 0.3) is 11.4 Å². The van der Waals surface area contributed by atoms with Crippen molar-refractivity contribution >= 4 is 17.3 Å². The molecule has 26 heavy (non-hydrogen) atoms. The number of rotatable bonds is 6. The summed E-state index contributed by atoms with van der Waals surface area (Å²) in [5.74, 6) is 0.683. The number of benzene rings is 2. The Hall–Kier alpha value is -3.22. The van der Waals surface area contributed by atoms with Gasteiger partial charge in [-0.25, -0.2) is 0 Å². The monoisotopic (exact) mass is 350 g/mol. The predicted octanol–water partition coefficient (Wildman–Crippen LogP) is 3.07. The summed E-state index contributed by atoms with van der Waals surface area (Å²) in [7, 11) is 0. The second kappa shape index (κ2) is 7.77. The molecule has 1 atom stereocenters. The average molecular weight is 350 g/mol. The number of nitrogens with two attached hydrogens (primary N) is 1. The summed E-state index contributed by atoms with van der Waals surface area (Å²) in [4.78, 5) is 13.5. The largest absolute Gasteiger partial charge is 0.398 e. The number of anilines is 2. The number of aromatic nitrogens is 4. The average Bonchev–Trinajstić information content (AvgIpc) is 3.10. The molecule has 0 fully saturated rings. The van der Waals surface area contributed by atoms with Crippen molar-refractivity contribution < 1.29 is 4.79 Å². The Kier molecular flexibility index (Phi) is 5.26. The number of tetrazole rings is 1. The van der Waals surface area contributed by atoms with Crippen LogP contribution < -0.4 is 11.1 Å². The zero-order chi connectivity index (χ0) is 18.5. The van der Waals surface area contributed by atoms with E-state index in [1.54, 1.807) is 6.07 Å². The Labute approximate surface area is 152 Å². The van der Waals surface area contributed by atoms with Gasteiger partial charge in [-0.2, -0.15) is 4.80 Å². The Morgan fingerprint density at radius 2 is 1.92 bits per heavy atom. The van der Waals surface area contributed by atoms with Crippen molar-refractivity contribution in [3.63, 3.8) is 0 Å². The molecular formula is C19H22N6O. The van der Waals surface area contributed by atoms with Gasteiger partial charge in [0.1, 0.15) is 6.54 Å². The molecule has 1 aromatic heterocycles. The molecule has 0 saturated heterocycles. The molecule has 0 radical (unpaired) electrons. The molecule has 0 aliphatic rings. The van der Waals surface area contributed by atoms with Crippen LogP contribution in [0, 0.1) is 0 Å². The molecule has 0 aliphatic carbocycles. The third kappa shape index (κ3) is 4.05. The third-order valence-corrected chi connectivity index (χ3v) is 4.32. The van der Waals surface area contributed by atoms with Gasteiger partial charge in [-0.05, 0) is 47.4 Å². The van der Waals surface area contributed by atoms with E-state index in [0.29, 0.717) is 23.0 Å². The van der Waals surface area contributed by atoms with Crippen LogP contribution in [0.5, 0.6) is 0 Å². The van der Waals surface area contributed by atoms with Crippen molar-refractivity contribution in [3.8, 4) is 11.4 Å². The summed E-state index contributed by atoms with van der Waals surface area (Å²) >= 11 is 0. The van der Waals surface area contributed by atoms with Crippen LogP contribution in [-0.4, -0.2) is 26.1 Å². The Bertz CT molecular complexity index is 887. The number of nitrogen functional groups attached to an aromatic ring is 1. The zero-order valence-corrected chi connectivity index (χ0v) is 14.9. The Morgan fingerprint density at radius 3 is 2.62 bits per heavy atom. The summed E-state index contributed by atoms with van der Waals surface area (Å²) in [5, 5.41) is 15.0. The highest BCUT2D eigenvalue weighted by molar-refractivity contribution is 5.90. The van der Waals surface area contributed by atoms with Crippen molar-refractivity contribution in [1.29, 1.82) is 0 Å². The smallest absolute Gasteiger partial charge is 0.248 e. The van der Waals surface area contributed by atoms with Gasteiger partial charge in [0.05, 0.1) is 0 Å². The minimum atomic E-state index is -0.216. The molecule has 0 spiro atoms. The molecule has 0 saturated carbocycles. The van der Waals surface area contributed by atoms with Crippen LogP contribution in [0.1, 0.15) is 31.7 Å². The van der Waals surface area contributed by atoms with Crippen molar-refractivity contribution in [1.82, 2.24) is 20.2 Å². The van der Waals surface area contributed by atoms with Gasteiger partial charge in [0.15, 0.2) is 0 Å². The van der Waals surface area contributed by atoms with E-state index in [-0.39, 0.29) is 12.5 Å². The maximum Gasteiger partial charge on any atom is 0.248 e. The molecule has 0 unspecified atom stereocenters. The number of para-hydroxylation sites is 1. The van der Waals surface area contributed by atoms with Gasteiger partial charge in [0, 0.05) is 16.9 Å². The van der Waals surface area contributed by atoms with Crippen molar-refractivity contribution in [2.45, 2.75) is 32.7 Å². The second-order valence-corrected chi connectivity index (χ2v) is 6.21. The first-order chi connectivity index (χ1) is 12.6. The minimum absolute atomic E-state index is 0.0210. The minimum Gasteiger partial charge on any atom is -0.398 e. The highest BCUT2D eigenvalue weighted by atomic mass is 16.2. The molecule has 2 aromatic carbocycles. The number of amides is 1. The van der Waals surface area contributed by atoms with E-state index in [0.717, 1.165) is 12.1 Å². The number of nitrogens with zero attached hydrogens (tertiary/aromatic N) is 4. The SMILES string of the molecule is CC[C@H](C)c1ccc(NC(=O)Cn2nnc(-c3ccccc3N)n2)cc1. The maximum absolute atomic E-state index is 12.2. The third-order valence-electron chi connectivity index (χ3n) is 4.32. The molecule has 7 nitrogen and oxygen atoms in total. The van der Waals surface area contributed by atoms with Crippen LogP contribution >= 0.6 is 0 Å². The molecule has 7 heteroatoms. The lowest BCUT2D eigenvalue weighted by Gasteiger charge is -2.10. The van der Waals surface area contributed by atoms with Crippen LogP contribution in [0.3, 0.4) is 0 Å². The van der Waals surface area contributed by atoms with E-state index in [1.807, 2.05) is 42.5 Å². The molecule has 0 bridgehead atoms. The summed E-state index contributed by atoms with van der Waals surface area (Å²) in [5.41, 5.74) is 9.18. The molecule has 3 N–H and O–H groups in total. The van der Waals surface area contributed by atoms with Gasteiger partial charge in [-0.3, -0.25) is 4.79 Å². The van der Waals surface area contributed by atoms with Crippen LogP contribution in [0.15, 0.2) is 48.5 Å². The van der Waals surface area contributed by atoms with E-state index < -0.39 is 0 Å². The predicted molar refractivity (Wildman–Crippen MR) is 101 cm³/mol. The van der Waals surface area contributed by atoms with Gasteiger partial charge in [-0.1, -0.05) is 38.1 Å². The molecule has 3 rings (SSSR count). The van der Waals surface area contributed by atoms with Crippen molar-refractivity contribution in [2.24, 2.45) is 0 Å². The summed E-state index contributed by atoms with van der Waals surface area (Å²) in [6, 6.07) is 15.2. The number of carbonyl (C=O) groups is 1. The first-order valence-electron chi connectivity index (χ1n) is 8.59. The number of carbonyl (C=O) groups excluding carboxylic acids is 1. The molecule has 0 aliphatic heterocycles. The number of hydrogen-bond donors (Lipinski definition) is 2. The van der Waals surface area contributed by atoms with E-state index >= 15 is 0 Å². The summed E-state index contributed by atoms with van der Waals surface area (Å²) < 4.78 is 0. The van der Waals surface area contributed by atoms with Gasteiger partial charge >= 0.3 is 0 Å². The van der Waals surface area contributed by atoms with Crippen LogP contribution in [0.2, 0.25) is 0 Å². The lowest BCUT2D eigenvalue weighted by atomic mass is 9.99. The van der Waals surface area contributed by atoms with Gasteiger partial charge in [0.2, 0.25) is 11.7 Å². The van der Waals surface area contributed by atoms with Crippen molar-refractivity contribution in [2.75, 3.05) is 11.1 Å². The van der Waals surface area contributed by atoms with Gasteiger partial charge in [0.25, 0.3) is 0 Å². The van der Waals surface area contributed by atoms with E-state index in [1.165, 1.54) is 10.4 Å². The van der Waals surface area contributed by atoms with Gasteiger partial charge in [-0.15, -0.1) is 10.2 Å². The lowest BCUT2D eigenvalue weighted by molar-refractivity contribution is -0.117. The van der Waals surface area contributed by atoms with E-state index in [4.69, 9.17) is 5.73 Å². The summed E-state index contributed by atoms with van der Waals surface area (Å²) in [6.45, 7) is 4.32. The highest BCUT2D eigenvalue weighted by Crippen LogP contribution is 2.21. The number of nitrogens with one attached hydrogen (secondary N) is 1. The first kappa shape index (κ1) is 17.6. The molecule has 134 valence electrons. The quantitative estimate of drug-likeness (QED) is 0.666. The van der Waals surface area contributed by atoms with Crippen LogP contribution in [0.4, 0.5) is 11.4 Å². The van der Waals surface area contributed by atoms with E-state index in [2.05, 4.69) is 34.6 Å². The normalized spacial score (nSPS) is 11.9. The lowest BCUT2D eigenvalue weighted by Crippen LogP contribution is -2.20. The maximum atomic E-state index is 12.2. The molecule has 3 aromatic rings. The fourth-order valence-corrected chi connectivity index (χ4v) is 2.58. The second-order valence-electron chi connectivity index (χ2n) is 6.21. The Morgan fingerprint density at radius 1 is 1.19 bits per heavy atom. The highest BCUT2D eigenvalue weighted by Gasteiger charge is 2.11. The standard InChI is InChI=1S/C19H22N6O/c1-3-13(2)14-8-10-15(11-9-14)21-18(26)12-25-23-19(22-24-25)16-6-4-5-7-17(16)20/h4-11,13H,3,12,20H2,1-2H3,(H,21,26)/t13-/m0/s1. The molecule has 1 amide bonds.